The van der Waals surface area contributed by atoms with E-state index in [2.05, 4.69) is 19.6 Å². The molecule has 0 unspecified atom stereocenters. The molecular formula is C12H22O. The Kier molecular flexibility index (Phi) is 8.85. The minimum absolute atomic E-state index is 0.865. The van der Waals surface area contributed by atoms with Gasteiger partial charge in [0.2, 0.25) is 0 Å². The Bertz CT molecular complexity index is 147. The van der Waals surface area contributed by atoms with Crippen LogP contribution in [0.2, 0.25) is 0 Å². The molecule has 0 aliphatic carbocycles. The fourth-order valence-corrected chi connectivity index (χ4v) is 1.07. The van der Waals surface area contributed by atoms with Crippen molar-refractivity contribution in [3.8, 4) is 0 Å². The summed E-state index contributed by atoms with van der Waals surface area (Å²) in [5.41, 5.74) is 0. The zero-order valence-electron chi connectivity index (χ0n) is 9.01. The van der Waals surface area contributed by atoms with E-state index in [0.717, 1.165) is 38.0 Å². The lowest BCUT2D eigenvalue weighted by Crippen LogP contribution is -1.94. The third-order valence-electron chi connectivity index (χ3n) is 1.94. The van der Waals surface area contributed by atoms with E-state index in [1.54, 1.807) is 0 Å². The van der Waals surface area contributed by atoms with Crippen molar-refractivity contribution in [2.45, 2.75) is 46.0 Å². The number of allylic oxidation sites excluding steroid dienone is 3. The standard InChI is InChI=1S/C12H22O/c1-4-7-9-10-12(6-3)13-11-8-5-2/h4,6H,1,5,7-11H2,2-3H3. The van der Waals surface area contributed by atoms with Gasteiger partial charge >= 0.3 is 0 Å². The second-order valence-electron chi connectivity index (χ2n) is 3.14. The minimum Gasteiger partial charge on any atom is -0.498 e. The van der Waals surface area contributed by atoms with Gasteiger partial charge in [-0.25, -0.2) is 0 Å². The third-order valence-corrected chi connectivity index (χ3v) is 1.94. The van der Waals surface area contributed by atoms with Gasteiger partial charge in [-0.15, -0.1) is 6.58 Å². The van der Waals surface area contributed by atoms with Crippen LogP contribution in [0.1, 0.15) is 46.0 Å². The molecule has 0 radical (unpaired) electrons. The molecular weight excluding hydrogens is 160 g/mol. The molecule has 0 fully saturated rings. The van der Waals surface area contributed by atoms with E-state index >= 15 is 0 Å². The Balaban J connectivity index is 3.46. The zero-order chi connectivity index (χ0) is 9.94. The van der Waals surface area contributed by atoms with Gasteiger partial charge in [0, 0.05) is 6.42 Å². The Morgan fingerprint density at radius 3 is 2.69 bits per heavy atom. The van der Waals surface area contributed by atoms with Crippen molar-refractivity contribution in [1.29, 1.82) is 0 Å². The first-order chi connectivity index (χ1) is 6.35. The predicted octanol–water partition coefficient (Wildman–Crippen LogP) is 4.06. The number of hydrogen-bond donors (Lipinski definition) is 0. The van der Waals surface area contributed by atoms with Gasteiger partial charge in [-0.3, -0.25) is 0 Å². The van der Waals surface area contributed by atoms with E-state index in [1.165, 1.54) is 6.42 Å². The van der Waals surface area contributed by atoms with Crippen LogP contribution in [0.3, 0.4) is 0 Å². The number of ether oxygens (including phenoxy) is 1. The molecule has 13 heavy (non-hydrogen) atoms. The molecule has 0 aliphatic rings. The third kappa shape index (κ3) is 7.63. The van der Waals surface area contributed by atoms with Gasteiger partial charge in [0.05, 0.1) is 12.4 Å². The quantitative estimate of drug-likeness (QED) is 0.312. The Morgan fingerprint density at radius 2 is 2.15 bits per heavy atom. The Hall–Kier alpha value is -0.720. The Labute approximate surface area is 82.5 Å². The van der Waals surface area contributed by atoms with Crippen LogP contribution in [0.15, 0.2) is 24.5 Å². The van der Waals surface area contributed by atoms with Gasteiger partial charge in [-0.1, -0.05) is 19.4 Å². The van der Waals surface area contributed by atoms with Gasteiger partial charge < -0.3 is 4.74 Å². The van der Waals surface area contributed by atoms with Gasteiger partial charge in [0.1, 0.15) is 0 Å². The first kappa shape index (κ1) is 12.3. The lowest BCUT2D eigenvalue weighted by molar-refractivity contribution is 0.196. The molecule has 1 nitrogen and oxygen atoms in total. The van der Waals surface area contributed by atoms with Crippen molar-refractivity contribution in [3.05, 3.63) is 24.5 Å². The largest absolute Gasteiger partial charge is 0.498 e. The lowest BCUT2D eigenvalue weighted by atomic mass is 10.2. The summed E-state index contributed by atoms with van der Waals surface area (Å²) in [6.07, 6.45) is 9.65. The van der Waals surface area contributed by atoms with E-state index in [-0.39, 0.29) is 0 Å². The van der Waals surface area contributed by atoms with Crippen LogP contribution in [-0.2, 0) is 4.74 Å². The molecule has 76 valence electrons. The van der Waals surface area contributed by atoms with Crippen molar-refractivity contribution in [2.24, 2.45) is 0 Å². The maximum Gasteiger partial charge on any atom is 0.0917 e. The summed E-state index contributed by atoms with van der Waals surface area (Å²) in [6, 6.07) is 0. The summed E-state index contributed by atoms with van der Waals surface area (Å²) < 4.78 is 5.61. The van der Waals surface area contributed by atoms with Crippen LogP contribution in [0, 0.1) is 0 Å². The van der Waals surface area contributed by atoms with E-state index in [4.69, 9.17) is 4.74 Å². The summed E-state index contributed by atoms with van der Waals surface area (Å²) in [7, 11) is 0. The van der Waals surface area contributed by atoms with Crippen molar-refractivity contribution in [3.63, 3.8) is 0 Å². The molecule has 0 aliphatic heterocycles. The summed E-state index contributed by atoms with van der Waals surface area (Å²) in [4.78, 5) is 0. The van der Waals surface area contributed by atoms with Crippen molar-refractivity contribution in [2.75, 3.05) is 6.61 Å². The average molecular weight is 182 g/mol. The average Bonchev–Trinajstić information content (AvgIpc) is 2.16. The van der Waals surface area contributed by atoms with Gasteiger partial charge in [-0.2, -0.15) is 0 Å². The summed E-state index contributed by atoms with van der Waals surface area (Å²) in [5, 5.41) is 0. The normalized spacial score (nSPS) is 11.4. The summed E-state index contributed by atoms with van der Waals surface area (Å²) in [6.45, 7) is 8.78. The number of unbranched alkanes of at least 4 members (excludes halogenated alkanes) is 2. The molecule has 1 heteroatoms. The van der Waals surface area contributed by atoms with Gasteiger partial charge in [0.15, 0.2) is 0 Å². The summed E-state index contributed by atoms with van der Waals surface area (Å²) in [5.74, 6) is 1.13. The molecule has 0 saturated carbocycles. The van der Waals surface area contributed by atoms with E-state index < -0.39 is 0 Å². The highest BCUT2D eigenvalue weighted by molar-refractivity contribution is 4.90. The molecule has 0 rings (SSSR count). The molecule has 0 atom stereocenters. The van der Waals surface area contributed by atoms with Crippen LogP contribution in [0.4, 0.5) is 0 Å². The summed E-state index contributed by atoms with van der Waals surface area (Å²) >= 11 is 0. The maximum absolute atomic E-state index is 5.61. The van der Waals surface area contributed by atoms with Crippen LogP contribution >= 0.6 is 0 Å². The monoisotopic (exact) mass is 182 g/mol. The van der Waals surface area contributed by atoms with Crippen molar-refractivity contribution < 1.29 is 4.74 Å². The lowest BCUT2D eigenvalue weighted by Gasteiger charge is -2.08. The van der Waals surface area contributed by atoms with E-state index in [1.807, 2.05) is 13.0 Å². The molecule has 0 N–H and O–H groups in total. The highest BCUT2D eigenvalue weighted by Gasteiger charge is 1.95. The topological polar surface area (TPSA) is 9.23 Å². The second-order valence-corrected chi connectivity index (χ2v) is 3.14. The second kappa shape index (κ2) is 9.37. The molecule has 0 bridgehead atoms. The number of rotatable bonds is 8. The van der Waals surface area contributed by atoms with Crippen LogP contribution in [0.25, 0.3) is 0 Å². The van der Waals surface area contributed by atoms with Crippen LogP contribution in [0.5, 0.6) is 0 Å². The molecule has 0 aromatic heterocycles. The highest BCUT2D eigenvalue weighted by Crippen LogP contribution is 2.09. The molecule has 0 aromatic rings. The first-order valence-electron chi connectivity index (χ1n) is 5.24. The number of hydrogen-bond acceptors (Lipinski definition) is 1. The maximum atomic E-state index is 5.61. The highest BCUT2D eigenvalue weighted by atomic mass is 16.5. The Morgan fingerprint density at radius 1 is 1.38 bits per heavy atom. The van der Waals surface area contributed by atoms with E-state index in [0.29, 0.717) is 0 Å². The molecule has 0 amide bonds. The van der Waals surface area contributed by atoms with Crippen LogP contribution < -0.4 is 0 Å². The first-order valence-corrected chi connectivity index (χ1v) is 5.24. The van der Waals surface area contributed by atoms with E-state index in [9.17, 15) is 0 Å². The molecule has 0 aromatic carbocycles. The predicted molar refractivity (Wildman–Crippen MR) is 58.7 cm³/mol. The van der Waals surface area contributed by atoms with Crippen molar-refractivity contribution >= 4 is 0 Å². The van der Waals surface area contributed by atoms with Crippen LogP contribution in [-0.4, -0.2) is 6.61 Å². The smallest absolute Gasteiger partial charge is 0.0917 e. The fourth-order valence-electron chi connectivity index (χ4n) is 1.07. The molecule has 0 saturated heterocycles. The molecule has 0 spiro atoms. The van der Waals surface area contributed by atoms with Gasteiger partial charge in [0.25, 0.3) is 0 Å². The zero-order valence-corrected chi connectivity index (χ0v) is 9.01. The van der Waals surface area contributed by atoms with Gasteiger partial charge in [-0.05, 0) is 32.3 Å². The van der Waals surface area contributed by atoms with Crippen molar-refractivity contribution in [1.82, 2.24) is 0 Å². The minimum atomic E-state index is 0.865. The molecule has 0 heterocycles. The SMILES string of the molecule is C=CCCCC(=CC)OCCCC. The fraction of sp³-hybridized carbons (Fsp3) is 0.667.